The summed E-state index contributed by atoms with van der Waals surface area (Å²) in [6, 6.07) is 10.0. The second kappa shape index (κ2) is 9.24. The summed E-state index contributed by atoms with van der Waals surface area (Å²) in [6.07, 6.45) is -1.10. The van der Waals surface area contributed by atoms with Gasteiger partial charge in [0.05, 0.1) is 10.4 Å². The Kier molecular flexibility index (Phi) is 6.55. The molecule has 3 heterocycles. The van der Waals surface area contributed by atoms with Crippen LogP contribution in [-0.4, -0.2) is 66.7 Å². The number of ether oxygens (including phenoxy) is 1. The van der Waals surface area contributed by atoms with Crippen LogP contribution >= 0.6 is 0 Å². The first-order chi connectivity index (χ1) is 15.6. The van der Waals surface area contributed by atoms with E-state index in [1.165, 1.54) is 4.31 Å². The molecule has 175 valence electrons. The van der Waals surface area contributed by atoms with Crippen LogP contribution in [0.3, 0.4) is 0 Å². The van der Waals surface area contributed by atoms with Crippen LogP contribution in [0.15, 0.2) is 53.6 Å². The van der Waals surface area contributed by atoms with Crippen molar-refractivity contribution in [1.29, 1.82) is 0 Å². The summed E-state index contributed by atoms with van der Waals surface area (Å²) < 4.78 is 67.7. The monoisotopic (exact) mass is 479 g/mol. The number of nitrogens with zero attached hydrogens (tertiary/aromatic N) is 4. The van der Waals surface area contributed by atoms with Gasteiger partial charge in [0.25, 0.3) is 0 Å². The van der Waals surface area contributed by atoms with Gasteiger partial charge in [-0.15, -0.1) is 13.2 Å². The molecule has 11 heteroatoms. The van der Waals surface area contributed by atoms with Gasteiger partial charge in [0, 0.05) is 62.1 Å². The molecule has 4 rings (SSSR count). The van der Waals surface area contributed by atoms with Crippen molar-refractivity contribution in [3.63, 3.8) is 0 Å². The van der Waals surface area contributed by atoms with Gasteiger partial charge in [0.2, 0.25) is 10.0 Å². The highest BCUT2D eigenvalue weighted by atomic mass is 32.2. The number of hydrogen-bond donors (Lipinski definition) is 0. The largest absolute Gasteiger partial charge is 0.573 e. The predicted octanol–water partition coefficient (Wildman–Crippen LogP) is 3.40. The fraction of sp³-hybridized carbons (Fsp3) is 0.318. The van der Waals surface area contributed by atoms with Crippen molar-refractivity contribution in [1.82, 2.24) is 19.2 Å². The van der Waals surface area contributed by atoms with Crippen LogP contribution in [0.2, 0.25) is 0 Å². The van der Waals surface area contributed by atoms with Crippen LogP contribution in [0.25, 0.3) is 10.9 Å². The van der Waals surface area contributed by atoms with Crippen LogP contribution in [0.5, 0.6) is 5.75 Å². The van der Waals surface area contributed by atoms with Crippen molar-refractivity contribution < 1.29 is 26.3 Å². The van der Waals surface area contributed by atoms with Crippen molar-refractivity contribution in [3.8, 4) is 5.75 Å². The molecular formula is C22H22F3N4O3S. The van der Waals surface area contributed by atoms with Crippen molar-refractivity contribution in [3.05, 3.63) is 66.5 Å². The molecule has 0 saturated carbocycles. The minimum Gasteiger partial charge on any atom is -0.406 e. The Morgan fingerprint density at radius 2 is 1.73 bits per heavy atom. The maximum Gasteiger partial charge on any atom is 0.573 e. The first kappa shape index (κ1) is 23.4. The lowest BCUT2D eigenvalue weighted by molar-refractivity contribution is -0.274. The van der Waals surface area contributed by atoms with E-state index < -0.39 is 22.1 Å². The highest BCUT2D eigenvalue weighted by Gasteiger charge is 2.32. The second-order valence-electron chi connectivity index (χ2n) is 7.63. The van der Waals surface area contributed by atoms with Crippen molar-refractivity contribution in [2.24, 2.45) is 0 Å². The SMILES string of the molecule is Cc1nccc2nc([CH]CN3CCN(S(=O)(=O)c4ccc(OC(F)(F)F)cc4)CC3)ccc12. The normalized spacial score (nSPS) is 16.2. The number of aryl methyl sites for hydroxylation is 1. The lowest BCUT2D eigenvalue weighted by atomic mass is 10.1. The summed E-state index contributed by atoms with van der Waals surface area (Å²) in [5.74, 6) is -0.462. The molecule has 33 heavy (non-hydrogen) atoms. The second-order valence-corrected chi connectivity index (χ2v) is 9.57. The summed E-state index contributed by atoms with van der Waals surface area (Å²) in [6.45, 7) is 4.19. The average molecular weight is 480 g/mol. The molecule has 1 aromatic carbocycles. The highest BCUT2D eigenvalue weighted by Crippen LogP contribution is 2.25. The maximum atomic E-state index is 12.8. The first-order valence-electron chi connectivity index (χ1n) is 10.3. The lowest BCUT2D eigenvalue weighted by Crippen LogP contribution is -2.48. The van der Waals surface area contributed by atoms with Gasteiger partial charge in [-0.05, 0) is 49.4 Å². The summed E-state index contributed by atoms with van der Waals surface area (Å²) >= 11 is 0. The Bertz CT molecular complexity index is 1230. The maximum absolute atomic E-state index is 12.8. The predicted molar refractivity (Wildman–Crippen MR) is 116 cm³/mol. The number of benzene rings is 1. The van der Waals surface area contributed by atoms with Gasteiger partial charge in [-0.1, -0.05) is 0 Å². The Morgan fingerprint density at radius 1 is 1.03 bits per heavy atom. The molecule has 2 aromatic heterocycles. The third-order valence-electron chi connectivity index (χ3n) is 5.42. The Labute approximate surface area is 189 Å². The minimum absolute atomic E-state index is 0.0674. The Morgan fingerprint density at radius 3 is 2.39 bits per heavy atom. The van der Waals surface area contributed by atoms with Gasteiger partial charge < -0.3 is 9.64 Å². The van der Waals surface area contributed by atoms with E-state index in [0.717, 1.165) is 46.6 Å². The number of pyridine rings is 2. The molecule has 1 fully saturated rings. The fourth-order valence-electron chi connectivity index (χ4n) is 3.66. The van der Waals surface area contributed by atoms with Gasteiger partial charge in [-0.3, -0.25) is 9.97 Å². The van der Waals surface area contributed by atoms with Gasteiger partial charge in [-0.2, -0.15) is 4.31 Å². The topological polar surface area (TPSA) is 75.6 Å². The lowest BCUT2D eigenvalue weighted by Gasteiger charge is -2.33. The van der Waals surface area contributed by atoms with Crippen LogP contribution in [0.4, 0.5) is 13.2 Å². The molecule has 1 radical (unpaired) electrons. The van der Waals surface area contributed by atoms with E-state index in [-0.39, 0.29) is 18.0 Å². The number of hydrogen-bond acceptors (Lipinski definition) is 6. The first-order valence-corrected chi connectivity index (χ1v) is 11.7. The number of sulfonamides is 1. The van der Waals surface area contributed by atoms with Crippen LogP contribution in [0.1, 0.15) is 11.4 Å². The zero-order valence-corrected chi connectivity index (χ0v) is 18.6. The van der Waals surface area contributed by atoms with Crippen molar-refractivity contribution >= 4 is 20.9 Å². The third kappa shape index (κ3) is 5.60. The molecule has 0 unspecified atom stereocenters. The molecule has 7 nitrogen and oxygen atoms in total. The number of halogens is 3. The number of alkyl halides is 3. The van der Waals surface area contributed by atoms with E-state index in [4.69, 9.17) is 0 Å². The summed E-state index contributed by atoms with van der Waals surface area (Å²) in [7, 11) is -3.80. The van der Waals surface area contributed by atoms with E-state index >= 15 is 0 Å². The summed E-state index contributed by atoms with van der Waals surface area (Å²) in [5.41, 5.74) is 2.63. The molecule has 0 amide bonds. The molecule has 3 aromatic rings. The smallest absolute Gasteiger partial charge is 0.406 e. The van der Waals surface area contributed by atoms with E-state index in [9.17, 15) is 21.6 Å². The number of aromatic nitrogens is 2. The Hall–Kier alpha value is -2.76. The number of rotatable bonds is 6. The van der Waals surface area contributed by atoms with Gasteiger partial charge in [0.1, 0.15) is 5.75 Å². The molecule has 0 aliphatic carbocycles. The molecule has 1 aliphatic heterocycles. The number of fused-ring (bicyclic) bond motifs is 1. The van der Waals surface area contributed by atoms with Crippen LogP contribution in [-0.2, 0) is 10.0 Å². The van der Waals surface area contributed by atoms with Crippen molar-refractivity contribution in [2.45, 2.75) is 18.2 Å². The van der Waals surface area contributed by atoms with E-state index in [0.29, 0.717) is 19.6 Å². The zero-order valence-electron chi connectivity index (χ0n) is 17.8. The Balaban J connectivity index is 1.32. The minimum atomic E-state index is -4.83. The molecule has 0 spiro atoms. The molecular weight excluding hydrogens is 457 g/mol. The van der Waals surface area contributed by atoms with E-state index in [2.05, 4.69) is 19.6 Å². The highest BCUT2D eigenvalue weighted by molar-refractivity contribution is 7.89. The van der Waals surface area contributed by atoms with Crippen molar-refractivity contribution in [2.75, 3.05) is 32.7 Å². The zero-order chi connectivity index (χ0) is 23.6. The third-order valence-corrected chi connectivity index (χ3v) is 7.33. The molecule has 1 saturated heterocycles. The quantitative estimate of drug-likeness (QED) is 0.540. The van der Waals surface area contributed by atoms with Gasteiger partial charge in [0.15, 0.2) is 0 Å². The number of piperazine rings is 1. The van der Waals surface area contributed by atoms with E-state index in [1.807, 2.05) is 31.5 Å². The van der Waals surface area contributed by atoms with E-state index in [1.54, 1.807) is 6.20 Å². The average Bonchev–Trinajstić information content (AvgIpc) is 2.77. The standard InChI is InChI=1S/C22H22F3N4O3S/c1-16-20-7-2-17(27-21(20)8-10-26-16)9-11-28-12-14-29(15-13-28)33(30,31)19-5-3-18(4-6-19)32-22(23,24)25/h2-10H,11-15H2,1H3. The molecule has 0 N–H and O–H groups in total. The fourth-order valence-corrected chi connectivity index (χ4v) is 5.09. The molecule has 0 atom stereocenters. The molecule has 1 aliphatic rings. The molecule has 0 bridgehead atoms. The van der Waals surface area contributed by atoms with Crippen LogP contribution < -0.4 is 4.74 Å². The van der Waals surface area contributed by atoms with Gasteiger partial charge in [-0.25, -0.2) is 8.42 Å². The summed E-state index contributed by atoms with van der Waals surface area (Å²) in [4.78, 5) is 10.9. The summed E-state index contributed by atoms with van der Waals surface area (Å²) in [5, 5.41) is 1.01. The van der Waals surface area contributed by atoms with Crippen LogP contribution in [0, 0.1) is 13.3 Å². The van der Waals surface area contributed by atoms with Gasteiger partial charge >= 0.3 is 6.36 Å².